The maximum atomic E-state index is 12.3. The Bertz CT molecular complexity index is 543. The summed E-state index contributed by atoms with van der Waals surface area (Å²) in [5, 5.41) is 5.43. The number of ether oxygens (including phenoxy) is 1. The van der Waals surface area contributed by atoms with Gasteiger partial charge < -0.3 is 15.4 Å². The van der Waals surface area contributed by atoms with Crippen molar-refractivity contribution in [3.05, 3.63) is 35.9 Å². The van der Waals surface area contributed by atoms with Gasteiger partial charge >= 0.3 is 5.97 Å². The Hall–Kier alpha value is -2.37. The fraction of sp³-hybridized carbons (Fsp3) is 0.471. The zero-order valence-corrected chi connectivity index (χ0v) is 14.0. The Morgan fingerprint density at radius 2 is 1.70 bits per heavy atom. The van der Waals surface area contributed by atoms with Crippen LogP contribution in [-0.4, -0.2) is 30.9 Å². The van der Waals surface area contributed by atoms with Crippen LogP contribution in [0.1, 0.15) is 38.8 Å². The second kappa shape index (κ2) is 8.92. The van der Waals surface area contributed by atoms with Gasteiger partial charge in [0.05, 0.1) is 19.6 Å². The van der Waals surface area contributed by atoms with E-state index < -0.39 is 18.1 Å². The molecule has 0 spiro atoms. The molecule has 0 saturated carbocycles. The zero-order chi connectivity index (χ0) is 17.4. The van der Waals surface area contributed by atoms with Gasteiger partial charge in [0.1, 0.15) is 6.04 Å². The SMILES string of the molecule is COC(=O)C(NC(=O)CC(NC(C)=O)c1ccccc1)C(C)C. The summed E-state index contributed by atoms with van der Waals surface area (Å²) < 4.78 is 4.71. The van der Waals surface area contributed by atoms with Gasteiger partial charge in [0.25, 0.3) is 0 Å². The largest absolute Gasteiger partial charge is 0.467 e. The van der Waals surface area contributed by atoms with Gasteiger partial charge in [-0.2, -0.15) is 0 Å². The highest BCUT2D eigenvalue weighted by atomic mass is 16.5. The number of methoxy groups -OCH3 is 1. The first kappa shape index (κ1) is 18.7. The minimum absolute atomic E-state index is 0.0454. The van der Waals surface area contributed by atoms with E-state index in [1.807, 2.05) is 44.2 Å². The molecule has 2 N–H and O–H groups in total. The molecule has 6 nitrogen and oxygen atoms in total. The smallest absolute Gasteiger partial charge is 0.328 e. The van der Waals surface area contributed by atoms with Crippen LogP contribution in [0.5, 0.6) is 0 Å². The topological polar surface area (TPSA) is 84.5 Å². The molecule has 0 aromatic heterocycles. The average molecular weight is 320 g/mol. The van der Waals surface area contributed by atoms with Crippen LogP contribution in [0.3, 0.4) is 0 Å². The maximum absolute atomic E-state index is 12.3. The quantitative estimate of drug-likeness (QED) is 0.747. The summed E-state index contributed by atoms with van der Waals surface area (Å²) in [7, 11) is 1.29. The van der Waals surface area contributed by atoms with Crippen molar-refractivity contribution >= 4 is 17.8 Å². The molecule has 0 heterocycles. The maximum Gasteiger partial charge on any atom is 0.328 e. The molecule has 126 valence electrons. The lowest BCUT2D eigenvalue weighted by Gasteiger charge is -2.22. The van der Waals surface area contributed by atoms with Gasteiger partial charge in [-0.3, -0.25) is 9.59 Å². The summed E-state index contributed by atoms with van der Waals surface area (Å²) in [6.07, 6.45) is 0.0454. The Morgan fingerprint density at radius 1 is 1.09 bits per heavy atom. The zero-order valence-electron chi connectivity index (χ0n) is 14.0. The Balaban J connectivity index is 2.80. The molecule has 0 aliphatic carbocycles. The molecule has 23 heavy (non-hydrogen) atoms. The predicted molar refractivity (Wildman–Crippen MR) is 86.4 cm³/mol. The van der Waals surface area contributed by atoms with E-state index in [-0.39, 0.29) is 24.2 Å². The summed E-state index contributed by atoms with van der Waals surface area (Å²) in [5.74, 6) is -1.12. The summed E-state index contributed by atoms with van der Waals surface area (Å²) in [5.41, 5.74) is 0.831. The Kier molecular flexibility index (Phi) is 7.25. The first-order chi connectivity index (χ1) is 10.8. The number of hydrogen-bond acceptors (Lipinski definition) is 4. The highest BCUT2D eigenvalue weighted by Gasteiger charge is 2.26. The van der Waals surface area contributed by atoms with Crippen LogP contribution in [-0.2, 0) is 19.1 Å². The third-order valence-corrected chi connectivity index (χ3v) is 3.41. The van der Waals surface area contributed by atoms with Gasteiger partial charge in [-0.15, -0.1) is 0 Å². The average Bonchev–Trinajstić information content (AvgIpc) is 2.51. The van der Waals surface area contributed by atoms with Crippen molar-refractivity contribution in [2.75, 3.05) is 7.11 Å². The molecule has 0 radical (unpaired) electrons. The van der Waals surface area contributed by atoms with Gasteiger partial charge in [-0.1, -0.05) is 44.2 Å². The summed E-state index contributed by atoms with van der Waals surface area (Å²) in [6, 6.07) is 8.07. The Labute approximate surface area is 136 Å². The minimum Gasteiger partial charge on any atom is -0.467 e. The molecule has 2 atom stereocenters. The van der Waals surface area contributed by atoms with Crippen LogP contribution in [0.25, 0.3) is 0 Å². The van der Waals surface area contributed by atoms with E-state index in [2.05, 4.69) is 10.6 Å². The van der Waals surface area contributed by atoms with Gasteiger partial charge in [0.2, 0.25) is 11.8 Å². The monoisotopic (exact) mass is 320 g/mol. The van der Waals surface area contributed by atoms with Crippen LogP contribution in [0.4, 0.5) is 0 Å². The predicted octanol–water partition coefficient (Wildman–Crippen LogP) is 1.57. The van der Waals surface area contributed by atoms with Crippen molar-refractivity contribution < 1.29 is 19.1 Å². The molecular formula is C17H24N2O4. The van der Waals surface area contributed by atoms with Crippen molar-refractivity contribution in [3.8, 4) is 0 Å². The van der Waals surface area contributed by atoms with Crippen molar-refractivity contribution in [1.82, 2.24) is 10.6 Å². The van der Waals surface area contributed by atoms with Crippen molar-refractivity contribution in [2.45, 2.75) is 39.3 Å². The Morgan fingerprint density at radius 3 is 2.17 bits per heavy atom. The molecule has 1 aromatic rings. The molecule has 0 aliphatic heterocycles. The lowest BCUT2D eigenvalue weighted by molar-refractivity contribution is -0.146. The van der Waals surface area contributed by atoms with E-state index in [0.29, 0.717) is 0 Å². The van der Waals surface area contributed by atoms with Gasteiger partial charge in [-0.05, 0) is 11.5 Å². The molecule has 0 aliphatic rings. The van der Waals surface area contributed by atoms with Gasteiger partial charge in [0, 0.05) is 6.92 Å². The lowest BCUT2D eigenvalue weighted by atomic mass is 10.0. The summed E-state index contributed by atoms with van der Waals surface area (Å²) in [4.78, 5) is 35.4. The molecule has 0 saturated heterocycles. The van der Waals surface area contributed by atoms with Crippen molar-refractivity contribution in [2.24, 2.45) is 5.92 Å². The van der Waals surface area contributed by atoms with E-state index in [1.165, 1.54) is 14.0 Å². The van der Waals surface area contributed by atoms with Crippen LogP contribution in [0.15, 0.2) is 30.3 Å². The van der Waals surface area contributed by atoms with E-state index in [4.69, 9.17) is 4.74 Å². The fourth-order valence-electron chi connectivity index (χ4n) is 2.23. The molecule has 2 unspecified atom stereocenters. The van der Waals surface area contributed by atoms with Crippen LogP contribution in [0.2, 0.25) is 0 Å². The number of esters is 1. The fourth-order valence-corrected chi connectivity index (χ4v) is 2.23. The normalized spacial score (nSPS) is 13.1. The highest BCUT2D eigenvalue weighted by Crippen LogP contribution is 2.17. The third-order valence-electron chi connectivity index (χ3n) is 3.41. The second-order valence-corrected chi connectivity index (χ2v) is 5.68. The van der Waals surface area contributed by atoms with Crippen LogP contribution in [0, 0.1) is 5.92 Å². The number of nitrogens with one attached hydrogen (secondary N) is 2. The van der Waals surface area contributed by atoms with E-state index in [9.17, 15) is 14.4 Å². The number of carbonyl (C=O) groups is 3. The first-order valence-electron chi connectivity index (χ1n) is 7.54. The molecule has 2 amide bonds. The van der Waals surface area contributed by atoms with Crippen LogP contribution < -0.4 is 10.6 Å². The van der Waals surface area contributed by atoms with Gasteiger partial charge in [-0.25, -0.2) is 4.79 Å². The van der Waals surface area contributed by atoms with E-state index in [0.717, 1.165) is 5.56 Å². The van der Waals surface area contributed by atoms with Gasteiger partial charge in [0.15, 0.2) is 0 Å². The molecule has 0 fully saturated rings. The van der Waals surface area contributed by atoms with Crippen LogP contribution >= 0.6 is 0 Å². The minimum atomic E-state index is -0.707. The number of amides is 2. The molecule has 1 aromatic carbocycles. The van der Waals surface area contributed by atoms with E-state index >= 15 is 0 Å². The molecular weight excluding hydrogens is 296 g/mol. The number of benzene rings is 1. The first-order valence-corrected chi connectivity index (χ1v) is 7.54. The standard InChI is InChI=1S/C17H24N2O4/c1-11(2)16(17(22)23-4)19-15(21)10-14(18-12(3)20)13-8-6-5-7-9-13/h5-9,11,14,16H,10H2,1-4H3,(H,18,20)(H,19,21). The summed E-state index contributed by atoms with van der Waals surface area (Å²) in [6.45, 7) is 5.05. The van der Waals surface area contributed by atoms with Crippen molar-refractivity contribution in [1.29, 1.82) is 0 Å². The highest BCUT2D eigenvalue weighted by molar-refractivity contribution is 5.85. The van der Waals surface area contributed by atoms with Crippen molar-refractivity contribution in [3.63, 3.8) is 0 Å². The summed E-state index contributed by atoms with van der Waals surface area (Å²) >= 11 is 0. The lowest BCUT2D eigenvalue weighted by Crippen LogP contribution is -2.46. The number of rotatable bonds is 7. The molecule has 0 bridgehead atoms. The molecule has 1 rings (SSSR count). The number of hydrogen-bond donors (Lipinski definition) is 2. The number of carbonyl (C=O) groups excluding carboxylic acids is 3. The molecule has 6 heteroatoms. The third kappa shape index (κ3) is 6.10. The van der Waals surface area contributed by atoms with E-state index in [1.54, 1.807) is 0 Å². The second-order valence-electron chi connectivity index (χ2n) is 5.68.